The predicted molar refractivity (Wildman–Crippen MR) is 445 cm³/mol. The number of hydrogen-bond donors (Lipinski definition) is 22. The SMILES string of the molecule is C=C[C@@](C)(CC/C=C(\C)C(=O)O[C@H]1[C@H](OC[C@H]2O[C@@H](OC(=O)[C@]34CCC(C)(C)C[C@H]3C3=CC[C@@H]5[C@@]6(C)CC[C@H](O[C@@H]7O[C@H](CO[C@@H]8OC[C@H](O)[C@H](O)[C@H]8O[C@@H]8OC[C@@H](O)[C@H](O)[C@H]8O)[C@@H](O)[C@H](O)[C@H]7O)C(C)(C)[C@@H]6CC[C@@]5(C)[C@]3(C)C[C@H]4O)[C@H](O[C@@H]3O[C@@H](C)[C@H](O[C@@H]4OC[C@@H](O)[C@H](O[C@@H]5OC[C@@H](O)[C@H](O)[C@H]5O)[C@H]4O)[C@@H](C)[C@H]3O)[C@@H](O)[C@@H]2O)O[C@@H](C)[C@H](O)[C@H]1O)O[C@@H]1OC[C@H](O)[C@H](O)[C@H]1O. The Bertz CT molecular complexity index is 3980. The van der Waals surface area contributed by atoms with E-state index in [1.165, 1.54) is 39.8 Å². The fourth-order valence-corrected chi connectivity index (χ4v) is 23.7. The fraction of sp³-hybridized carbons (Fsp3) is 0.911. The van der Waals surface area contributed by atoms with E-state index >= 15 is 4.79 Å². The Morgan fingerprint density at radius 2 is 0.955 bits per heavy atom. The number of rotatable bonds is 26. The number of aliphatic hydroxyl groups is 22. The molecule has 133 heavy (non-hydrogen) atoms. The van der Waals surface area contributed by atoms with Crippen LogP contribution < -0.4 is 0 Å². The summed E-state index contributed by atoms with van der Waals surface area (Å²) in [6, 6.07) is 0. The molecule has 0 bridgehead atoms. The Morgan fingerprint density at radius 3 is 1.57 bits per heavy atom. The van der Waals surface area contributed by atoms with Crippen molar-refractivity contribution in [3.05, 3.63) is 36.0 Å². The van der Waals surface area contributed by atoms with E-state index in [1.54, 1.807) is 6.92 Å². The molecule has 50 atom stereocenters. The normalized spacial score (nSPS) is 51.8. The van der Waals surface area contributed by atoms with Gasteiger partial charge in [0, 0.05) is 11.5 Å². The molecular weight excluding hydrogens is 1770 g/mol. The van der Waals surface area contributed by atoms with Crippen molar-refractivity contribution in [3.8, 4) is 0 Å². The highest BCUT2D eigenvalue weighted by molar-refractivity contribution is 5.88. The molecule has 13 fully saturated rings. The van der Waals surface area contributed by atoms with Gasteiger partial charge in [0.1, 0.15) is 158 Å². The second-order valence-corrected chi connectivity index (χ2v) is 41.9. The summed E-state index contributed by atoms with van der Waals surface area (Å²) in [4.78, 5) is 30.5. The molecule has 43 heteroatoms. The Kier molecular flexibility index (Phi) is 32.6. The minimum atomic E-state index is -2.15. The van der Waals surface area contributed by atoms with Crippen LogP contribution in [0.25, 0.3) is 0 Å². The van der Waals surface area contributed by atoms with Crippen LogP contribution in [0.1, 0.15) is 154 Å². The summed E-state index contributed by atoms with van der Waals surface area (Å²) < 4.78 is 115. The predicted octanol–water partition coefficient (Wildman–Crippen LogP) is -5.20. The summed E-state index contributed by atoms with van der Waals surface area (Å²) in [5.74, 6) is -3.86. The summed E-state index contributed by atoms with van der Waals surface area (Å²) in [5, 5.41) is 246. The highest BCUT2D eigenvalue weighted by Gasteiger charge is 2.73. The summed E-state index contributed by atoms with van der Waals surface area (Å²) >= 11 is 0. The van der Waals surface area contributed by atoms with Gasteiger partial charge in [0.25, 0.3) is 0 Å². The molecule has 0 aromatic rings. The number of ether oxygens (including phenoxy) is 19. The highest BCUT2D eigenvalue weighted by atomic mass is 16.8. The summed E-state index contributed by atoms with van der Waals surface area (Å²) in [6.07, 6.45) is -57.2. The second-order valence-electron chi connectivity index (χ2n) is 41.9. The zero-order valence-electron chi connectivity index (χ0n) is 77.1. The van der Waals surface area contributed by atoms with Gasteiger partial charge in [0.15, 0.2) is 62.5 Å². The maximum Gasteiger partial charge on any atom is 0.333 e. The van der Waals surface area contributed by atoms with E-state index in [0.29, 0.717) is 44.9 Å². The van der Waals surface area contributed by atoms with Crippen molar-refractivity contribution in [1.82, 2.24) is 0 Å². The molecule has 9 saturated heterocycles. The maximum atomic E-state index is 16.5. The van der Waals surface area contributed by atoms with Gasteiger partial charge in [-0.3, -0.25) is 4.79 Å². The Balaban J connectivity index is 0.696. The third-order valence-corrected chi connectivity index (χ3v) is 32.5. The zero-order chi connectivity index (χ0) is 97.1. The molecule has 9 aliphatic heterocycles. The van der Waals surface area contributed by atoms with Crippen LogP contribution in [0.15, 0.2) is 36.0 Å². The minimum absolute atomic E-state index is 0.00678. The Labute approximate surface area is 770 Å². The van der Waals surface area contributed by atoms with E-state index in [-0.39, 0.29) is 49.7 Å². The first kappa shape index (κ1) is 105. The van der Waals surface area contributed by atoms with Crippen molar-refractivity contribution in [2.45, 2.75) is 411 Å². The van der Waals surface area contributed by atoms with Gasteiger partial charge in [-0.15, -0.1) is 6.58 Å². The van der Waals surface area contributed by atoms with E-state index in [2.05, 4.69) is 61.1 Å². The molecule has 0 aromatic carbocycles. The molecule has 4 saturated carbocycles. The monoisotopic (exact) mass is 1910 g/mol. The smallest absolute Gasteiger partial charge is 0.333 e. The zero-order valence-corrected chi connectivity index (χ0v) is 77.1. The molecule has 22 N–H and O–H groups in total. The van der Waals surface area contributed by atoms with Gasteiger partial charge in [0.05, 0.1) is 82.4 Å². The van der Waals surface area contributed by atoms with Crippen molar-refractivity contribution in [2.75, 3.05) is 46.2 Å². The van der Waals surface area contributed by atoms with Crippen molar-refractivity contribution in [3.63, 3.8) is 0 Å². The van der Waals surface area contributed by atoms with Gasteiger partial charge in [-0.05, 0) is 143 Å². The topological polar surface area (TPSA) is 655 Å². The summed E-state index contributed by atoms with van der Waals surface area (Å²) in [7, 11) is 0. The maximum absolute atomic E-state index is 16.5. The number of carbonyl (C=O) groups is 2. The Hall–Kier alpha value is -3.40. The van der Waals surface area contributed by atoms with Crippen molar-refractivity contribution in [2.24, 2.45) is 56.2 Å². The van der Waals surface area contributed by atoms with Crippen LogP contribution in [-0.4, -0.2) is 428 Å². The molecular formula is C90H144O43. The number of allylic oxidation sites excluding steroid dienone is 3. The lowest BCUT2D eigenvalue weighted by Gasteiger charge is -2.71. The molecule has 43 nitrogen and oxygen atoms in total. The molecule has 0 amide bonds. The lowest BCUT2D eigenvalue weighted by atomic mass is 9.33. The van der Waals surface area contributed by atoms with Crippen LogP contribution >= 0.6 is 0 Å². The number of esters is 2. The first-order chi connectivity index (χ1) is 62.4. The average Bonchev–Trinajstić information content (AvgIpc) is 0.668. The van der Waals surface area contributed by atoms with Crippen LogP contribution in [0.5, 0.6) is 0 Å². The first-order valence-electron chi connectivity index (χ1n) is 46.7. The molecule has 0 spiro atoms. The quantitative estimate of drug-likeness (QED) is 0.0167. The molecule has 5 aliphatic carbocycles. The molecule has 0 radical (unpaired) electrons. The van der Waals surface area contributed by atoms with E-state index in [4.69, 9.17) is 90.0 Å². The van der Waals surface area contributed by atoms with Crippen LogP contribution in [0.2, 0.25) is 0 Å². The average molecular weight is 1910 g/mol. The summed E-state index contributed by atoms with van der Waals surface area (Å²) in [6.45, 7) is 22.8. The standard InChI is InChI=1S/C90H144O43/c1-14-86(10,133-77-65(110)56(101)43(93)30-118-77)21-15-16-35(2)73(113)127-71-61(106)53(98)37(4)122-81(71)121-34-47-59(104)62(107)72(131-78-52(97)36(3)68(38(5)123-78)128-76-67(112)69(45(95)32-117-76)129-74-63(108)54(99)41(91)28-115-74)82(125-47)132-83(114)90-25-24-84(6,7)26-40(90)39-17-18-49-87(11)22-20-51(85(8,9)48(87)19-23-88(49,12)89(39,13)27-50(90)96)126-79-66(111)60(105)58(103)46(124-79)33-120-80-70(57(102)44(94)31-119-80)130-75-64(109)55(100)42(92)29-116-75/h14,16-17,36-38,40-72,74-82,91-112H,1,15,18-34H2,2-13H3/b35-16+/t36-,37-,38-,40-,41+,42+,43-,44-,45+,46+,47+,48-,49+,50+,51-,52+,53-,54-,55-,56-,57-,58+,59+,60-,61+,62-,63+,64+,65+,66+,67+,68+,69-,70+,71+,72+,74-,75-,76-,77-,78-,79-,80-,81+,82-,86-,87-,88+,89+,90+/m0/s1. The van der Waals surface area contributed by atoms with Gasteiger partial charge in [0.2, 0.25) is 6.29 Å². The Morgan fingerprint density at radius 1 is 0.459 bits per heavy atom. The number of hydrogen-bond acceptors (Lipinski definition) is 43. The minimum Gasteiger partial charge on any atom is -0.451 e. The van der Waals surface area contributed by atoms with E-state index in [1.807, 2.05) is 0 Å². The lowest BCUT2D eigenvalue weighted by molar-refractivity contribution is -0.377. The third-order valence-electron chi connectivity index (χ3n) is 32.5. The van der Waals surface area contributed by atoms with E-state index in [9.17, 15) is 117 Å². The third kappa shape index (κ3) is 20.2. The summed E-state index contributed by atoms with van der Waals surface area (Å²) in [5.41, 5.74) is -4.95. The second kappa shape index (κ2) is 41.1. The molecule has 14 aliphatic rings. The molecule has 14 rings (SSSR count). The van der Waals surface area contributed by atoms with Gasteiger partial charge in [-0.1, -0.05) is 79.2 Å². The van der Waals surface area contributed by atoms with Gasteiger partial charge < -0.3 is 202 Å². The number of aliphatic hydroxyl groups excluding tert-OH is 22. The number of fused-ring (bicyclic) bond motifs is 7. The molecule has 762 valence electrons. The van der Waals surface area contributed by atoms with Crippen LogP contribution in [0, 0.1) is 56.2 Å². The van der Waals surface area contributed by atoms with Gasteiger partial charge >= 0.3 is 11.9 Å². The first-order valence-corrected chi connectivity index (χ1v) is 46.7. The lowest BCUT2D eigenvalue weighted by Crippen LogP contribution is -2.68. The van der Waals surface area contributed by atoms with Gasteiger partial charge in [-0.2, -0.15) is 0 Å². The van der Waals surface area contributed by atoms with Crippen LogP contribution in [-0.2, 0) is 99.6 Å². The largest absolute Gasteiger partial charge is 0.451 e. The van der Waals surface area contributed by atoms with Crippen molar-refractivity contribution >= 4 is 11.9 Å². The number of carbonyl (C=O) groups excluding carboxylic acids is 2. The molecule has 0 unspecified atom stereocenters. The van der Waals surface area contributed by atoms with Crippen molar-refractivity contribution in [1.29, 1.82) is 0 Å². The van der Waals surface area contributed by atoms with Gasteiger partial charge in [-0.25, -0.2) is 4.79 Å². The van der Waals surface area contributed by atoms with Crippen molar-refractivity contribution < 1.29 is 212 Å². The highest BCUT2D eigenvalue weighted by Crippen LogP contribution is 2.76. The van der Waals surface area contributed by atoms with Crippen LogP contribution in [0.4, 0.5) is 0 Å². The fourth-order valence-electron chi connectivity index (χ4n) is 23.7. The van der Waals surface area contributed by atoms with E-state index < -0.39 is 353 Å². The molecule has 0 aromatic heterocycles. The molecule has 9 heterocycles. The van der Waals surface area contributed by atoms with Crippen LogP contribution in [0.3, 0.4) is 0 Å². The van der Waals surface area contributed by atoms with E-state index in [0.717, 1.165) is 5.57 Å².